The number of morpholine rings is 1. The Balaban J connectivity index is 1.81. The highest BCUT2D eigenvalue weighted by molar-refractivity contribution is 5.90. The zero-order valence-corrected chi connectivity index (χ0v) is 12.1. The van der Waals surface area contributed by atoms with Gasteiger partial charge in [0.2, 0.25) is 5.95 Å². The van der Waals surface area contributed by atoms with Crippen molar-refractivity contribution >= 4 is 11.9 Å². The first-order valence-electron chi connectivity index (χ1n) is 6.83. The summed E-state index contributed by atoms with van der Waals surface area (Å²) in [6.45, 7) is 8.91. The summed E-state index contributed by atoms with van der Waals surface area (Å²) in [6, 6.07) is 1.91. The molecule has 0 unspecified atom stereocenters. The Morgan fingerprint density at radius 2 is 2.00 bits per heavy atom. The van der Waals surface area contributed by atoms with Gasteiger partial charge >= 0.3 is 0 Å². The van der Waals surface area contributed by atoms with Crippen molar-refractivity contribution in [2.45, 2.75) is 13.8 Å². The van der Waals surface area contributed by atoms with Gasteiger partial charge in [0.05, 0.1) is 19.8 Å². The maximum absolute atomic E-state index is 5.84. The summed E-state index contributed by atoms with van der Waals surface area (Å²) in [5, 5.41) is 2.92. The maximum Gasteiger partial charge on any atom is 0.229 e. The molecule has 0 aliphatic carbocycles. The molecule has 1 aromatic rings. The van der Waals surface area contributed by atoms with Gasteiger partial charge in [0.25, 0.3) is 0 Å². The molecule has 7 heteroatoms. The maximum atomic E-state index is 5.84. The molecule has 20 heavy (non-hydrogen) atoms. The molecule has 1 saturated heterocycles. The molecule has 0 atom stereocenters. The molecular formula is C13H22N6O. The van der Waals surface area contributed by atoms with Gasteiger partial charge in [-0.15, -0.1) is 0 Å². The summed E-state index contributed by atoms with van der Waals surface area (Å²) in [6.07, 6.45) is 0. The molecule has 2 rings (SSSR count). The number of aliphatic imine (C=N–C) groups is 1. The topological polar surface area (TPSA) is 88.7 Å². The quantitative estimate of drug-likeness (QED) is 0.602. The Morgan fingerprint density at radius 1 is 1.35 bits per heavy atom. The van der Waals surface area contributed by atoms with Crippen molar-refractivity contribution in [3.63, 3.8) is 0 Å². The van der Waals surface area contributed by atoms with Crippen LogP contribution in [0.5, 0.6) is 0 Å². The van der Waals surface area contributed by atoms with Crippen molar-refractivity contribution in [1.82, 2.24) is 14.9 Å². The van der Waals surface area contributed by atoms with E-state index in [0.717, 1.165) is 44.2 Å². The highest BCUT2D eigenvalue weighted by Gasteiger charge is 2.09. The summed E-state index contributed by atoms with van der Waals surface area (Å²) in [4.78, 5) is 15.1. The lowest BCUT2D eigenvalue weighted by atomic mass is 10.4. The number of nitrogens with one attached hydrogen (secondary N) is 1. The molecule has 0 spiro atoms. The predicted octanol–water partition coefficient (Wildman–Crippen LogP) is 0.152. The number of rotatable bonds is 4. The van der Waals surface area contributed by atoms with Crippen LogP contribution in [0.1, 0.15) is 11.4 Å². The zero-order chi connectivity index (χ0) is 14.4. The average Bonchev–Trinajstić information content (AvgIpc) is 2.38. The molecule has 0 bridgehead atoms. The van der Waals surface area contributed by atoms with Gasteiger partial charge in [0.1, 0.15) is 0 Å². The lowest BCUT2D eigenvalue weighted by Gasteiger charge is -2.25. The van der Waals surface area contributed by atoms with Gasteiger partial charge < -0.3 is 10.5 Å². The first-order valence-corrected chi connectivity index (χ1v) is 6.83. The molecule has 7 nitrogen and oxygen atoms in total. The number of anilines is 1. The number of ether oxygens (including phenoxy) is 1. The Morgan fingerprint density at radius 3 is 2.65 bits per heavy atom. The molecule has 1 aromatic heterocycles. The average molecular weight is 278 g/mol. The summed E-state index contributed by atoms with van der Waals surface area (Å²) in [5.41, 5.74) is 7.64. The van der Waals surface area contributed by atoms with E-state index in [9.17, 15) is 0 Å². The van der Waals surface area contributed by atoms with Crippen LogP contribution in [0.2, 0.25) is 0 Å². The van der Waals surface area contributed by atoms with Crippen molar-refractivity contribution in [2.75, 3.05) is 44.7 Å². The van der Waals surface area contributed by atoms with E-state index in [-0.39, 0.29) is 0 Å². The fraction of sp³-hybridized carbons (Fsp3) is 0.615. The molecule has 0 aromatic carbocycles. The van der Waals surface area contributed by atoms with Crippen LogP contribution < -0.4 is 11.1 Å². The van der Waals surface area contributed by atoms with Crippen LogP contribution in [-0.4, -0.2) is 60.2 Å². The molecule has 0 amide bonds. The molecule has 0 radical (unpaired) electrons. The molecule has 2 heterocycles. The number of aromatic nitrogens is 2. The largest absolute Gasteiger partial charge is 0.379 e. The second kappa shape index (κ2) is 7.16. The van der Waals surface area contributed by atoms with Crippen molar-refractivity contribution in [3.8, 4) is 0 Å². The SMILES string of the molecule is Cc1cc(C)nc(NC(N)=NCCN2CCOCC2)n1. The van der Waals surface area contributed by atoms with Crippen LogP contribution in [0, 0.1) is 13.8 Å². The molecule has 1 aliphatic rings. The Labute approximate surface area is 119 Å². The van der Waals surface area contributed by atoms with E-state index in [0.29, 0.717) is 18.5 Å². The molecule has 1 fully saturated rings. The van der Waals surface area contributed by atoms with Crippen LogP contribution in [0.4, 0.5) is 5.95 Å². The van der Waals surface area contributed by atoms with Crippen LogP contribution in [-0.2, 0) is 4.74 Å². The Hall–Kier alpha value is -1.73. The van der Waals surface area contributed by atoms with E-state index in [1.807, 2.05) is 19.9 Å². The van der Waals surface area contributed by atoms with Crippen molar-refractivity contribution < 1.29 is 4.74 Å². The van der Waals surface area contributed by atoms with E-state index in [4.69, 9.17) is 10.5 Å². The molecular weight excluding hydrogens is 256 g/mol. The second-order valence-electron chi connectivity index (χ2n) is 4.82. The molecule has 1 aliphatic heterocycles. The fourth-order valence-corrected chi connectivity index (χ4v) is 2.07. The van der Waals surface area contributed by atoms with Gasteiger partial charge in [-0.25, -0.2) is 9.97 Å². The van der Waals surface area contributed by atoms with Crippen LogP contribution in [0.15, 0.2) is 11.1 Å². The summed E-state index contributed by atoms with van der Waals surface area (Å²) in [5.74, 6) is 0.846. The lowest BCUT2D eigenvalue weighted by molar-refractivity contribution is 0.0394. The summed E-state index contributed by atoms with van der Waals surface area (Å²) in [7, 11) is 0. The van der Waals surface area contributed by atoms with Crippen LogP contribution in [0.3, 0.4) is 0 Å². The standard InChI is InChI=1S/C13H22N6O/c1-10-9-11(2)17-13(16-10)18-12(14)15-3-4-19-5-7-20-8-6-19/h9H,3-8H2,1-2H3,(H3,14,15,16,17,18). The van der Waals surface area contributed by atoms with Crippen LogP contribution >= 0.6 is 0 Å². The predicted molar refractivity (Wildman–Crippen MR) is 78.9 cm³/mol. The van der Waals surface area contributed by atoms with Gasteiger partial charge in [-0.05, 0) is 19.9 Å². The van der Waals surface area contributed by atoms with Crippen molar-refractivity contribution in [1.29, 1.82) is 0 Å². The second-order valence-corrected chi connectivity index (χ2v) is 4.82. The third-order valence-corrected chi connectivity index (χ3v) is 3.02. The smallest absolute Gasteiger partial charge is 0.229 e. The number of hydrogen-bond acceptors (Lipinski definition) is 5. The van der Waals surface area contributed by atoms with Gasteiger partial charge in [-0.3, -0.25) is 15.2 Å². The highest BCUT2D eigenvalue weighted by Crippen LogP contribution is 2.03. The first-order chi connectivity index (χ1) is 9.63. The van der Waals surface area contributed by atoms with Crippen molar-refractivity contribution in [2.24, 2.45) is 10.7 Å². The van der Waals surface area contributed by atoms with E-state index in [1.54, 1.807) is 0 Å². The van der Waals surface area contributed by atoms with Crippen LogP contribution in [0.25, 0.3) is 0 Å². The van der Waals surface area contributed by atoms with E-state index in [1.165, 1.54) is 0 Å². The molecule has 110 valence electrons. The molecule has 0 saturated carbocycles. The van der Waals surface area contributed by atoms with Gasteiger partial charge in [-0.1, -0.05) is 0 Å². The Kier molecular flexibility index (Phi) is 5.25. The van der Waals surface area contributed by atoms with Gasteiger partial charge in [0.15, 0.2) is 5.96 Å². The third kappa shape index (κ3) is 4.75. The summed E-state index contributed by atoms with van der Waals surface area (Å²) < 4.78 is 5.30. The monoisotopic (exact) mass is 278 g/mol. The third-order valence-electron chi connectivity index (χ3n) is 3.02. The highest BCUT2D eigenvalue weighted by atomic mass is 16.5. The number of aryl methyl sites for hydroxylation is 2. The van der Waals surface area contributed by atoms with Gasteiger partial charge in [-0.2, -0.15) is 0 Å². The minimum absolute atomic E-state index is 0.350. The number of nitrogens with zero attached hydrogens (tertiary/aromatic N) is 4. The minimum Gasteiger partial charge on any atom is -0.379 e. The normalized spacial score (nSPS) is 17.2. The van der Waals surface area contributed by atoms with E-state index >= 15 is 0 Å². The Bertz CT molecular complexity index is 450. The fourth-order valence-electron chi connectivity index (χ4n) is 2.07. The van der Waals surface area contributed by atoms with Gasteiger partial charge in [0, 0.05) is 31.0 Å². The summed E-state index contributed by atoms with van der Waals surface area (Å²) >= 11 is 0. The van der Waals surface area contributed by atoms with Crippen molar-refractivity contribution in [3.05, 3.63) is 17.5 Å². The number of guanidine groups is 1. The number of nitrogens with two attached hydrogens (primary N) is 1. The molecule has 3 N–H and O–H groups in total. The number of hydrogen-bond donors (Lipinski definition) is 2. The zero-order valence-electron chi connectivity index (χ0n) is 12.1. The lowest BCUT2D eigenvalue weighted by Crippen LogP contribution is -2.38. The minimum atomic E-state index is 0.350. The van der Waals surface area contributed by atoms with E-state index < -0.39 is 0 Å². The first kappa shape index (κ1) is 14.7. The van der Waals surface area contributed by atoms with E-state index in [2.05, 4.69) is 25.2 Å².